The van der Waals surface area contributed by atoms with Crippen molar-refractivity contribution in [1.29, 1.82) is 0 Å². The van der Waals surface area contributed by atoms with Crippen molar-refractivity contribution in [3.8, 4) is 0 Å². The lowest BCUT2D eigenvalue weighted by atomic mass is 9.84. The van der Waals surface area contributed by atoms with E-state index in [9.17, 15) is 9.59 Å². The van der Waals surface area contributed by atoms with Crippen molar-refractivity contribution in [2.75, 3.05) is 18.4 Å². The van der Waals surface area contributed by atoms with Gasteiger partial charge in [-0.05, 0) is 76.9 Å². The molecule has 10 nitrogen and oxygen atoms in total. The van der Waals surface area contributed by atoms with Gasteiger partial charge in [-0.1, -0.05) is 6.07 Å². The molecule has 3 aromatic heterocycles. The second-order valence-corrected chi connectivity index (χ2v) is 10.2. The molecule has 1 aliphatic rings. The molecule has 1 saturated heterocycles. The van der Waals surface area contributed by atoms with Crippen molar-refractivity contribution in [3.63, 3.8) is 0 Å². The maximum absolute atomic E-state index is 13.4. The second-order valence-electron chi connectivity index (χ2n) is 10.2. The number of piperidine rings is 1. The Bertz CT molecular complexity index is 1440. The Morgan fingerprint density at radius 2 is 1.92 bits per heavy atom. The summed E-state index contributed by atoms with van der Waals surface area (Å²) in [6.45, 7) is 7.20. The number of nitrogens with one attached hydrogen (secondary N) is 3. The first-order valence-electron chi connectivity index (χ1n) is 12.5. The molecule has 4 heterocycles. The minimum absolute atomic E-state index is 0.143. The predicted molar refractivity (Wildman–Crippen MR) is 140 cm³/mol. The van der Waals surface area contributed by atoms with Crippen LogP contribution in [0, 0.1) is 5.92 Å². The maximum Gasteiger partial charge on any atom is 0.408 e. The van der Waals surface area contributed by atoms with Crippen LogP contribution in [0.3, 0.4) is 0 Å². The van der Waals surface area contributed by atoms with Gasteiger partial charge in [0.05, 0.1) is 17.8 Å². The Balaban J connectivity index is 1.56. The summed E-state index contributed by atoms with van der Waals surface area (Å²) in [6.07, 6.45) is 7.83. The second kappa shape index (κ2) is 10.1. The van der Waals surface area contributed by atoms with Crippen LogP contribution < -0.4 is 16.0 Å². The first-order chi connectivity index (χ1) is 17.8. The number of amides is 2. The van der Waals surface area contributed by atoms with Crippen LogP contribution >= 0.6 is 0 Å². The summed E-state index contributed by atoms with van der Waals surface area (Å²) in [7, 11) is 0. The third kappa shape index (κ3) is 5.54. The molecule has 1 atom stereocenters. The van der Waals surface area contributed by atoms with E-state index in [1.165, 1.54) is 6.20 Å². The number of alkyl carbamates (subject to hydrolysis) is 1. The number of hydrogen-bond acceptors (Lipinski definition) is 7. The van der Waals surface area contributed by atoms with E-state index >= 15 is 0 Å². The van der Waals surface area contributed by atoms with Crippen LogP contribution in [0.2, 0.25) is 0 Å². The molecule has 1 fully saturated rings. The molecule has 5 rings (SSSR count). The third-order valence-corrected chi connectivity index (χ3v) is 6.41. The standard InChI is InChI=1S/C27H31N7O3/c1-27(2,3)37-26(36)33-23(17-7-11-28-12-8-17)19-15-21-18(6-4-9-29-21)14-22(19)32-25(35)20-16-31-34-13-5-10-30-24(20)34/h4-6,9-10,13-17,23,28H,7-8,11-12H2,1-3H3,(H,32,35)(H,33,36). The van der Waals surface area contributed by atoms with Crippen molar-refractivity contribution in [2.24, 2.45) is 5.92 Å². The molecule has 0 aliphatic carbocycles. The number of ether oxygens (including phenoxy) is 1. The highest BCUT2D eigenvalue weighted by molar-refractivity contribution is 6.09. The lowest BCUT2D eigenvalue weighted by Crippen LogP contribution is -2.41. The fraction of sp³-hybridized carbons (Fsp3) is 0.370. The van der Waals surface area contributed by atoms with E-state index in [1.54, 1.807) is 29.2 Å². The van der Waals surface area contributed by atoms with Gasteiger partial charge in [-0.25, -0.2) is 14.3 Å². The largest absolute Gasteiger partial charge is 0.444 e. The molecule has 3 N–H and O–H groups in total. The number of hydrogen-bond donors (Lipinski definition) is 3. The van der Waals surface area contributed by atoms with Crippen molar-refractivity contribution < 1.29 is 14.3 Å². The van der Waals surface area contributed by atoms with Crippen LogP contribution in [-0.2, 0) is 4.74 Å². The summed E-state index contributed by atoms with van der Waals surface area (Å²) in [6, 6.07) is 9.01. The summed E-state index contributed by atoms with van der Waals surface area (Å²) in [5.74, 6) is -0.191. The molecule has 0 radical (unpaired) electrons. The van der Waals surface area contributed by atoms with Crippen LogP contribution in [0.1, 0.15) is 55.6 Å². The molecule has 1 aliphatic heterocycles. The highest BCUT2D eigenvalue weighted by atomic mass is 16.6. The molecule has 2 amide bonds. The first-order valence-corrected chi connectivity index (χ1v) is 12.5. The number of benzene rings is 1. The van der Waals surface area contributed by atoms with Gasteiger partial charge in [-0.3, -0.25) is 9.78 Å². The minimum Gasteiger partial charge on any atom is -0.444 e. The average Bonchev–Trinajstić information content (AvgIpc) is 3.31. The smallest absolute Gasteiger partial charge is 0.408 e. The molecular formula is C27H31N7O3. The fourth-order valence-electron chi connectivity index (χ4n) is 4.74. The highest BCUT2D eigenvalue weighted by Gasteiger charge is 2.31. The number of carbonyl (C=O) groups is 2. The fourth-order valence-corrected chi connectivity index (χ4v) is 4.74. The van der Waals surface area contributed by atoms with Gasteiger partial charge in [0.15, 0.2) is 5.65 Å². The van der Waals surface area contributed by atoms with E-state index in [2.05, 4.69) is 31.0 Å². The topological polar surface area (TPSA) is 123 Å². The summed E-state index contributed by atoms with van der Waals surface area (Å²) < 4.78 is 7.17. The van der Waals surface area contributed by atoms with Gasteiger partial charge in [-0.2, -0.15) is 5.10 Å². The highest BCUT2D eigenvalue weighted by Crippen LogP contribution is 2.36. The molecule has 4 aromatic rings. The molecular weight excluding hydrogens is 470 g/mol. The van der Waals surface area contributed by atoms with E-state index in [0.717, 1.165) is 42.4 Å². The van der Waals surface area contributed by atoms with Gasteiger partial charge in [0.2, 0.25) is 0 Å². The van der Waals surface area contributed by atoms with Crippen LogP contribution in [-0.4, -0.2) is 50.3 Å². The zero-order valence-corrected chi connectivity index (χ0v) is 21.2. The average molecular weight is 502 g/mol. The Labute approximate surface area is 214 Å². The predicted octanol–water partition coefficient (Wildman–Crippen LogP) is 4.10. The van der Waals surface area contributed by atoms with E-state index in [1.807, 2.05) is 45.0 Å². The van der Waals surface area contributed by atoms with Gasteiger partial charge >= 0.3 is 6.09 Å². The van der Waals surface area contributed by atoms with Gasteiger partial charge in [-0.15, -0.1) is 0 Å². The van der Waals surface area contributed by atoms with Crippen LogP contribution in [0.15, 0.2) is 55.1 Å². The van der Waals surface area contributed by atoms with Crippen molar-refractivity contribution in [3.05, 3.63) is 66.2 Å². The van der Waals surface area contributed by atoms with E-state index < -0.39 is 11.7 Å². The Kier molecular flexibility index (Phi) is 6.75. The number of nitrogens with zero attached hydrogens (tertiary/aromatic N) is 4. The number of rotatable bonds is 5. The van der Waals surface area contributed by atoms with Crippen LogP contribution in [0.5, 0.6) is 0 Å². The lowest BCUT2D eigenvalue weighted by molar-refractivity contribution is 0.0477. The summed E-state index contributed by atoms with van der Waals surface area (Å²) in [5, 5.41) is 14.7. The zero-order valence-electron chi connectivity index (χ0n) is 21.2. The van der Waals surface area contributed by atoms with Crippen molar-refractivity contribution >= 4 is 34.2 Å². The van der Waals surface area contributed by atoms with Crippen LogP contribution in [0.25, 0.3) is 16.6 Å². The number of anilines is 1. The Morgan fingerprint density at radius 1 is 1.14 bits per heavy atom. The number of pyridine rings is 1. The molecule has 192 valence electrons. The number of aromatic nitrogens is 4. The van der Waals surface area contributed by atoms with Crippen molar-refractivity contribution in [2.45, 2.75) is 45.3 Å². The Morgan fingerprint density at radius 3 is 2.70 bits per heavy atom. The van der Waals surface area contributed by atoms with Gasteiger partial charge < -0.3 is 20.7 Å². The molecule has 10 heteroatoms. The van der Waals surface area contributed by atoms with Gasteiger partial charge in [0.1, 0.15) is 11.2 Å². The third-order valence-electron chi connectivity index (χ3n) is 6.41. The SMILES string of the molecule is CC(C)(C)OC(=O)NC(c1cc2ncccc2cc1NC(=O)c1cnn2cccnc12)C1CCNCC1. The Hall–Kier alpha value is -4.05. The summed E-state index contributed by atoms with van der Waals surface area (Å²) in [4.78, 5) is 35.2. The monoisotopic (exact) mass is 501 g/mol. The normalized spacial score (nSPS) is 15.4. The van der Waals surface area contributed by atoms with Crippen molar-refractivity contribution in [1.82, 2.24) is 30.2 Å². The maximum atomic E-state index is 13.4. The van der Waals surface area contributed by atoms with E-state index in [0.29, 0.717) is 16.9 Å². The molecule has 0 spiro atoms. The quantitative estimate of drug-likeness (QED) is 0.376. The van der Waals surface area contributed by atoms with E-state index in [-0.39, 0.29) is 17.9 Å². The molecule has 1 aromatic carbocycles. The molecule has 0 saturated carbocycles. The summed E-state index contributed by atoms with van der Waals surface area (Å²) in [5.41, 5.74) is 2.34. The molecule has 1 unspecified atom stereocenters. The summed E-state index contributed by atoms with van der Waals surface area (Å²) >= 11 is 0. The number of carbonyl (C=O) groups excluding carboxylic acids is 2. The number of fused-ring (bicyclic) bond motifs is 2. The first kappa shape index (κ1) is 24.6. The zero-order chi connectivity index (χ0) is 26.0. The van der Waals surface area contributed by atoms with Crippen LogP contribution in [0.4, 0.5) is 10.5 Å². The molecule has 37 heavy (non-hydrogen) atoms. The van der Waals surface area contributed by atoms with Gasteiger partial charge in [0, 0.05) is 35.2 Å². The molecule has 0 bridgehead atoms. The minimum atomic E-state index is -0.638. The van der Waals surface area contributed by atoms with Gasteiger partial charge in [0.25, 0.3) is 5.91 Å². The lowest BCUT2D eigenvalue weighted by Gasteiger charge is -2.33. The van der Waals surface area contributed by atoms with E-state index in [4.69, 9.17) is 4.74 Å².